The van der Waals surface area contributed by atoms with E-state index in [-0.39, 0.29) is 25.4 Å². The number of benzene rings is 3. The highest BCUT2D eigenvalue weighted by Gasteiger charge is 2.35. The standard InChI is InChI=1S/C35H44N5O6P/c1-6-8-16-26(40-31(22-43-7-2)38-32-33(40)28-18-11-12-19-29(28)37-34(32)36)21-44-47(42,39-24(5)35(41)45-23(3)4)46-30-20-13-15-25-14-9-10-17-27(25)30/h9-15,17-20,23-24,26H,6-8,16,21-22H2,1-5H3,(H2,36,37)(H,39,42)/t24-,26-,47-/m0/s1. The van der Waals surface area contributed by atoms with Crippen molar-refractivity contribution in [2.24, 2.45) is 0 Å². The average molecular weight is 662 g/mol. The van der Waals surface area contributed by atoms with E-state index in [4.69, 9.17) is 29.2 Å². The van der Waals surface area contributed by atoms with Crippen LogP contribution in [0.4, 0.5) is 5.82 Å². The highest BCUT2D eigenvalue weighted by atomic mass is 31.2. The third-order valence-corrected chi connectivity index (χ3v) is 9.41. The van der Waals surface area contributed by atoms with E-state index < -0.39 is 19.8 Å². The number of anilines is 1. The maximum Gasteiger partial charge on any atom is 0.459 e. The van der Waals surface area contributed by atoms with Crippen LogP contribution in [-0.4, -0.2) is 45.9 Å². The summed E-state index contributed by atoms with van der Waals surface area (Å²) in [6.45, 7) is 9.84. The highest BCUT2D eigenvalue weighted by Crippen LogP contribution is 2.48. The van der Waals surface area contributed by atoms with Gasteiger partial charge in [-0.3, -0.25) is 9.32 Å². The summed E-state index contributed by atoms with van der Waals surface area (Å²) in [6.07, 6.45) is 2.12. The van der Waals surface area contributed by atoms with E-state index in [9.17, 15) is 9.36 Å². The summed E-state index contributed by atoms with van der Waals surface area (Å²) in [5.41, 5.74) is 8.56. The summed E-state index contributed by atoms with van der Waals surface area (Å²) in [6, 6.07) is 19.6. The number of carbonyl (C=O) groups is 1. The molecule has 3 aromatic carbocycles. The van der Waals surface area contributed by atoms with Crippen molar-refractivity contribution in [2.75, 3.05) is 18.9 Å². The molecule has 250 valence electrons. The predicted octanol–water partition coefficient (Wildman–Crippen LogP) is 7.72. The van der Waals surface area contributed by atoms with Gasteiger partial charge >= 0.3 is 13.7 Å². The van der Waals surface area contributed by atoms with Crippen molar-refractivity contribution >= 4 is 52.2 Å². The smallest absolute Gasteiger partial charge is 0.459 e. The van der Waals surface area contributed by atoms with Gasteiger partial charge < -0.3 is 24.3 Å². The number of pyridine rings is 1. The zero-order valence-corrected chi connectivity index (χ0v) is 28.5. The monoisotopic (exact) mass is 661 g/mol. The average Bonchev–Trinajstić information content (AvgIpc) is 3.44. The van der Waals surface area contributed by atoms with Crippen LogP contribution in [-0.2, 0) is 30.0 Å². The topological polar surface area (TPSA) is 140 Å². The number of fused-ring (bicyclic) bond motifs is 4. The number of hydrogen-bond donors (Lipinski definition) is 2. The van der Waals surface area contributed by atoms with Crippen molar-refractivity contribution < 1.29 is 27.9 Å². The van der Waals surface area contributed by atoms with Gasteiger partial charge in [-0.15, -0.1) is 0 Å². The van der Waals surface area contributed by atoms with Gasteiger partial charge in [0.05, 0.1) is 29.8 Å². The number of imidazole rings is 1. The number of nitrogens with one attached hydrogen (secondary N) is 1. The lowest BCUT2D eigenvalue weighted by atomic mass is 10.1. The zero-order chi connectivity index (χ0) is 33.6. The maximum atomic E-state index is 14.7. The molecule has 11 nitrogen and oxygen atoms in total. The van der Waals surface area contributed by atoms with Crippen LogP contribution < -0.4 is 15.3 Å². The molecule has 2 heterocycles. The third kappa shape index (κ3) is 7.93. The Hall–Kier alpha value is -4.02. The Bertz CT molecular complexity index is 1890. The van der Waals surface area contributed by atoms with Gasteiger partial charge in [-0.2, -0.15) is 5.09 Å². The molecule has 5 aromatic rings. The fourth-order valence-corrected chi connectivity index (χ4v) is 7.13. The predicted molar refractivity (Wildman–Crippen MR) is 185 cm³/mol. The first kappa shape index (κ1) is 34.3. The lowest BCUT2D eigenvalue weighted by Gasteiger charge is -2.27. The van der Waals surface area contributed by atoms with E-state index in [1.165, 1.54) is 0 Å². The minimum absolute atomic E-state index is 0.0257. The van der Waals surface area contributed by atoms with E-state index in [0.717, 1.165) is 40.0 Å². The molecular weight excluding hydrogens is 617 g/mol. The normalized spacial score (nSPS) is 14.4. The molecule has 0 aliphatic rings. The Kier molecular flexibility index (Phi) is 11.1. The lowest BCUT2D eigenvalue weighted by Crippen LogP contribution is -2.36. The molecule has 0 saturated carbocycles. The Morgan fingerprint density at radius 3 is 2.45 bits per heavy atom. The van der Waals surface area contributed by atoms with Gasteiger partial charge in [0.1, 0.15) is 29.7 Å². The molecule has 0 unspecified atom stereocenters. The van der Waals surface area contributed by atoms with Crippen LogP contribution in [0.5, 0.6) is 5.75 Å². The summed E-state index contributed by atoms with van der Waals surface area (Å²) in [5, 5.41) is 5.40. The molecule has 0 amide bonds. The molecular formula is C35H44N5O6P. The van der Waals surface area contributed by atoms with Crippen molar-refractivity contribution in [1.82, 2.24) is 19.6 Å². The molecule has 0 aliphatic carbocycles. The Labute approximate surface area is 275 Å². The SMILES string of the molecule is CCCC[C@@H](CO[P@@](=O)(N[C@@H](C)C(=O)OC(C)C)Oc1cccc2ccccc12)n1c(COCC)nc2c(N)nc3ccccc3c21. The largest absolute Gasteiger partial charge is 0.462 e. The molecule has 5 rings (SSSR count). The first-order valence-electron chi connectivity index (χ1n) is 16.2. The van der Waals surface area contributed by atoms with Crippen LogP contribution in [0, 0.1) is 0 Å². The fraction of sp³-hybridized carbons (Fsp3) is 0.400. The Morgan fingerprint density at radius 2 is 1.70 bits per heavy atom. The highest BCUT2D eigenvalue weighted by molar-refractivity contribution is 7.52. The molecule has 0 spiro atoms. The minimum atomic E-state index is -4.19. The van der Waals surface area contributed by atoms with Crippen LogP contribution in [0.3, 0.4) is 0 Å². The summed E-state index contributed by atoms with van der Waals surface area (Å²) in [5.74, 6) is 0.767. The molecule has 0 radical (unpaired) electrons. The molecule has 3 N–H and O–H groups in total. The zero-order valence-electron chi connectivity index (χ0n) is 27.6. The number of ether oxygens (including phenoxy) is 2. The van der Waals surface area contributed by atoms with Gasteiger partial charge in [0.2, 0.25) is 0 Å². The number of unbranched alkanes of at least 4 members (excludes halogenated alkanes) is 1. The van der Waals surface area contributed by atoms with Crippen LogP contribution in [0.2, 0.25) is 0 Å². The summed E-state index contributed by atoms with van der Waals surface area (Å²) < 4.78 is 40.6. The second-order valence-electron chi connectivity index (χ2n) is 11.7. The van der Waals surface area contributed by atoms with Crippen LogP contribution >= 0.6 is 7.75 Å². The molecule has 47 heavy (non-hydrogen) atoms. The van der Waals surface area contributed by atoms with Crippen LogP contribution in [0.1, 0.15) is 65.7 Å². The van der Waals surface area contributed by atoms with E-state index in [2.05, 4.69) is 21.6 Å². The Balaban J connectivity index is 1.57. The first-order chi connectivity index (χ1) is 22.6. The van der Waals surface area contributed by atoms with Gasteiger partial charge in [-0.05, 0) is 51.6 Å². The number of carbonyl (C=O) groups excluding carboxylic acids is 1. The fourth-order valence-electron chi connectivity index (χ4n) is 5.59. The number of rotatable bonds is 16. The molecule has 0 aliphatic heterocycles. The number of nitrogens with two attached hydrogens (primary N) is 1. The first-order valence-corrected chi connectivity index (χ1v) is 17.7. The number of para-hydroxylation sites is 1. The second kappa shape index (κ2) is 15.3. The van der Waals surface area contributed by atoms with Gasteiger partial charge in [-0.25, -0.2) is 14.5 Å². The van der Waals surface area contributed by atoms with Gasteiger partial charge in [0.25, 0.3) is 0 Å². The van der Waals surface area contributed by atoms with Crippen molar-refractivity contribution in [3.63, 3.8) is 0 Å². The number of esters is 1. The summed E-state index contributed by atoms with van der Waals surface area (Å²) in [7, 11) is -4.19. The minimum Gasteiger partial charge on any atom is -0.462 e. The van der Waals surface area contributed by atoms with Gasteiger partial charge in [-0.1, -0.05) is 74.4 Å². The van der Waals surface area contributed by atoms with E-state index in [1.807, 2.05) is 67.6 Å². The van der Waals surface area contributed by atoms with Crippen molar-refractivity contribution in [1.29, 1.82) is 0 Å². The molecule has 3 atom stereocenters. The lowest BCUT2D eigenvalue weighted by molar-refractivity contribution is -0.149. The van der Waals surface area contributed by atoms with Crippen molar-refractivity contribution in [3.05, 3.63) is 72.6 Å². The molecule has 12 heteroatoms. The van der Waals surface area contributed by atoms with Gasteiger partial charge in [0.15, 0.2) is 5.82 Å². The molecule has 0 fully saturated rings. The van der Waals surface area contributed by atoms with Crippen molar-refractivity contribution in [3.8, 4) is 5.75 Å². The molecule has 0 bridgehead atoms. The molecule has 2 aromatic heterocycles. The van der Waals surface area contributed by atoms with E-state index in [1.54, 1.807) is 26.8 Å². The second-order valence-corrected chi connectivity index (χ2v) is 13.4. The van der Waals surface area contributed by atoms with Crippen molar-refractivity contribution in [2.45, 2.75) is 78.7 Å². The number of nitrogens with zero attached hydrogens (tertiary/aromatic N) is 3. The van der Waals surface area contributed by atoms with E-state index >= 15 is 0 Å². The summed E-state index contributed by atoms with van der Waals surface area (Å²) in [4.78, 5) is 22.3. The number of nitrogen functional groups attached to an aromatic ring is 1. The Morgan fingerprint density at radius 1 is 0.979 bits per heavy atom. The van der Waals surface area contributed by atoms with Crippen LogP contribution in [0.15, 0.2) is 66.7 Å². The number of hydrogen-bond acceptors (Lipinski definition) is 9. The maximum absolute atomic E-state index is 14.7. The number of aromatic nitrogens is 3. The van der Waals surface area contributed by atoms with Gasteiger partial charge in [0, 0.05) is 17.4 Å². The molecule has 0 saturated heterocycles. The third-order valence-electron chi connectivity index (χ3n) is 7.78. The summed E-state index contributed by atoms with van der Waals surface area (Å²) >= 11 is 0. The quantitative estimate of drug-likeness (QED) is 0.0798. The van der Waals surface area contributed by atoms with E-state index in [0.29, 0.717) is 35.9 Å². The van der Waals surface area contributed by atoms with Crippen LogP contribution in [0.25, 0.3) is 32.7 Å².